The van der Waals surface area contributed by atoms with Gasteiger partial charge in [-0.1, -0.05) is 0 Å². The van der Waals surface area contributed by atoms with E-state index in [1.807, 2.05) is 7.05 Å². The molecule has 0 aromatic carbocycles. The number of anilines is 2. The van der Waals surface area contributed by atoms with Gasteiger partial charge in [0, 0.05) is 26.2 Å². The topological polar surface area (TPSA) is 71.5 Å². The first kappa shape index (κ1) is 13.4. The molecule has 1 fully saturated rings. The van der Waals surface area contributed by atoms with Crippen LogP contribution in [0.4, 0.5) is 11.6 Å². The quantitative estimate of drug-likeness (QED) is 0.809. The predicted molar refractivity (Wildman–Crippen MR) is 76.5 cm³/mol. The molecule has 0 saturated carbocycles. The molecule has 110 valence electrons. The molecule has 20 heavy (non-hydrogen) atoms. The second kappa shape index (κ2) is 5.80. The van der Waals surface area contributed by atoms with Crippen LogP contribution in [0.25, 0.3) is 0 Å². The molecule has 0 amide bonds. The summed E-state index contributed by atoms with van der Waals surface area (Å²) in [5.41, 5.74) is 0. The van der Waals surface area contributed by atoms with Crippen molar-refractivity contribution in [1.82, 2.24) is 15.3 Å². The van der Waals surface area contributed by atoms with Crippen LogP contribution in [-0.4, -0.2) is 62.5 Å². The van der Waals surface area contributed by atoms with Crippen LogP contribution in [0.5, 0.6) is 5.75 Å². The minimum atomic E-state index is 0.138. The first-order chi connectivity index (χ1) is 9.81. The Balaban J connectivity index is 1.79. The molecule has 2 atom stereocenters. The van der Waals surface area contributed by atoms with Gasteiger partial charge in [-0.25, -0.2) is 9.97 Å². The van der Waals surface area contributed by atoms with E-state index in [1.165, 1.54) is 0 Å². The fourth-order valence-electron chi connectivity index (χ4n) is 2.72. The highest BCUT2D eigenvalue weighted by atomic mass is 16.5. The number of fused-ring (bicyclic) bond motifs is 1. The summed E-state index contributed by atoms with van der Waals surface area (Å²) in [7, 11) is 3.68. The van der Waals surface area contributed by atoms with Crippen LogP contribution in [0.2, 0.25) is 0 Å². The summed E-state index contributed by atoms with van der Waals surface area (Å²) in [4.78, 5) is 10.9. The van der Waals surface area contributed by atoms with Crippen molar-refractivity contribution in [3.63, 3.8) is 0 Å². The molecule has 1 saturated heterocycles. The summed E-state index contributed by atoms with van der Waals surface area (Å²) < 4.78 is 11.0. The Hall–Kier alpha value is -1.60. The zero-order valence-corrected chi connectivity index (χ0v) is 11.9. The molecule has 7 nitrogen and oxygen atoms in total. The number of hydrogen-bond donors (Lipinski definition) is 2. The lowest BCUT2D eigenvalue weighted by atomic mass is 10.2. The summed E-state index contributed by atoms with van der Waals surface area (Å²) in [5, 5.41) is 6.65. The Morgan fingerprint density at radius 2 is 2.45 bits per heavy atom. The van der Waals surface area contributed by atoms with Crippen LogP contribution in [0.15, 0.2) is 6.33 Å². The number of ether oxygens (including phenoxy) is 2. The van der Waals surface area contributed by atoms with Crippen LogP contribution in [0.1, 0.15) is 6.42 Å². The van der Waals surface area contributed by atoms with Crippen molar-refractivity contribution in [1.29, 1.82) is 0 Å². The van der Waals surface area contributed by atoms with Crippen LogP contribution in [0, 0.1) is 0 Å². The Bertz CT molecular complexity index is 470. The Morgan fingerprint density at radius 1 is 1.55 bits per heavy atom. The minimum absolute atomic E-state index is 0.138. The molecule has 3 heterocycles. The first-order valence-electron chi connectivity index (χ1n) is 6.97. The SMILES string of the molecule is CN[C@@H]1CCN(c2ncnc3c2OCC(COC)N3)C1. The van der Waals surface area contributed by atoms with E-state index in [1.54, 1.807) is 13.4 Å². The second-order valence-electron chi connectivity index (χ2n) is 5.20. The fraction of sp³-hybridized carbons (Fsp3) is 0.692. The van der Waals surface area contributed by atoms with Crippen LogP contribution in [-0.2, 0) is 4.74 Å². The van der Waals surface area contributed by atoms with Gasteiger partial charge in [0.25, 0.3) is 0 Å². The monoisotopic (exact) mass is 279 g/mol. The van der Waals surface area contributed by atoms with E-state index < -0.39 is 0 Å². The van der Waals surface area contributed by atoms with Gasteiger partial charge in [0.1, 0.15) is 12.9 Å². The van der Waals surface area contributed by atoms with Crippen LogP contribution in [0.3, 0.4) is 0 Å². The largest absolute Gasteiger partial charge is 0.484 e. The van der Waals surface area contributed by atoms with Gasteiger partial charge in [-0.05, 0) is 13.5 Å². The molecular weight excluding hydrogens is 258 g/mol. The molecule has 0 bridgehead atoms. The highest BCUT2D eigenvalue weighted by Gasteiger charge is 2.29. The maximum absolute atomic E-state index is 5.87. The van der Waals surface area contributed by atoms with Gasteiger partial charge in [-0.15, -0.1) is 0 Å². The summed E-state index contributed by atoms with van der Waals surface area (Å²) in [5.74, 6) is 2.41. The summed E-state index contributed by atoms with van der Waals surface area (Å²) >= 11 is 0. The van der Waals surface area contributed by atoms with Crippen LogP contribution < -0.4 is 20.3 Å². The smallest absolute Gasteiger partial charge is 0.204 e. The molecule has 0 aliphatic carbocycles. The first-order valence-corrected chi connectivity index (χ1v) is 6.97. The van der Waals surface area contributed by atoms with Gasteiger partial charge >= 0.3 is 0 Å². The number of rotatable bonds is 4. The summed E-state index contributed by atoms with van der Waals surface area (Å²) in [6, 6.07) is 0.650. The van der Waals surface area contributed by atoms with E-state index in [2.05, 4.69) is 25.5 Å². The molecule has 2 N–H and O–H groups in total. The third kappa shape index (κ3) is 2.51. The molecule has 1 aromatic rings. The van der Waals surface area contributed by atoms with E-state index in [4.69, 9.17) is 9.47 Å². The third-order valence-corrected chi connectivity index (χ3v) is 3.82. The minimum Gasteiger partial charge on any atom is -0.484 e. The molecule has 2 aliphatic rings. The third-order valence-electron chi connectivity index (χ3n) is 3.82. The molecular formula is C13H21N5O2. The molecule has 2 aliphatic heterocycles. The average molecular weight is 279 g/mol. The van der Waals surface area contributed by atoms with Gasteiger partial charge < -0.3 is 25.0 Å². The van der Waals surface area contributed by atoms with Crippen molar-refractivity contribution >= 4 is 11.6 Å². The number of nitrogens with one attached hydrogen (secondary N) is 2. The lowest BCUT2D eigenvalue weighted by molar-refractivity contribution is 0.154. The van der Waals surface area contributed by atoms with Crippen molar-refractivity contribution in [2.24, 2.45) is 0 Å². The van der Waals surface area contributed by atoms with Crippen molar-refractivity contribution in [2.75, 3.05) is 50.7 Å². The highest BCUT2D eigenvalue weighted by molar-refractivity contribution is 5.66. The summed E-state index contributed by atoms with van der Waals surface area (Å²) in [6.07, 6.45) is 2.71. The number of likely N-dealkylation sites (N-methyl/N-ethyl adjacent to an activating group) is 1. The van der Waals surface area contributed by atoms with E-state index in [0.717, 1.165) is 36.9 Å². The molecule has 0 radical (unpaired) electrons. The molecule has 1 aromatic heterocycles. The highest BCUT2D eigenvalue weighted by Crippen LogP contribution is 2.36. The zero-order chi connectivity index (χ0) is 13.9. The standard InChI is InChI=1S/C13H21N5O2/c1-14-9-3-4-18(5-9)13-11-12(15-8-16-13)17-10(6-19-2)7-20-11/h8-10,14H,3-7H2,1-2H3,(H,15,16,17)/t9-,10?/m1/s1. The lowest BCUT2D eigenvalue weighted by Crippen LogP contribution is -2.37. The number of hydrogen-bond acceptors (Lipinski definition) is 7. The van der Waals surface area contributed by atoms with Crippen molar-refractivity contribution in [3.05, 3.63) is 6.33 Å². The molecule has 7 heteroatoms. The van der Waals surface area contributed by atoms with Gasteiger partial charge in [-0.3, -0.25) is 0 Å². The van der Waals surface area contributed by atoms with E-state index in [0.29, 0.717) is 19.3 Å². The molecule has 1 unspecified atom stereocenters. The Morgan fingerprint density at radius 3 is 3.20 bits per heavy atom. The Labute approximate surface area is 118 Å². The van der Waals surface area contributed by atoms with Gasteiger partial charge in [0.15, 0.2) is 11.6 Å². The maximum atomic E-state index is 5.87. The van der Waals surface area contributed by atoms with Gasteiger partial charge in [-0.2, -0.15) is 0 Å². The Kier molecular flexibility index (Phi) is 3.88. The van der Waals surface area contributed by atoms with E-state index in [9.17, 15) is 0 Å². The maximum Gasteiger partial charge on any atom is 0.204 e. The van der Waals surface area contributed by atoms with Crippen molar-refractivity contribution < 1.29 is 9.47 Å². The number of methoxy groups -OCH3 is 1. The average Bonchev–Trinajstić information content (AvgIpc) is 2.95. The predicted octanol–water partition coefficient (Wildman–Crippen LogP) is 0.0940. The van der Waals surface area contributed by atoms with Crippen molar-refractivity contribution in [2.45, 2.75) is 18.5 Å². The van der Waals surface area contributed by atoms with Crippen molar-refractivity contribution in [3.8, 4) is 5.75 Å². The molecule has 0 spiro atoms. The summed E-state index contributed by atoms with van der Waals surface area (Å²) in [6.45, 7) is 3.11. The van der Waals surface area contributed by atoms with E-state index in [-0.39, 0.29) is 6.04 Å². The van der Waals surface area contributed by atoms with Gasteiger partial charge in [0.05, 0.1) is 12.6 Å². The number of aromatic nitrogens is 2. The van der Waals surface area contributed by atoms with Crippen LogP contribution >= 0.6 is 0 Å². The lowest BCUT2D eigenvalue weighted by Gasteiger charge is -2.29. The zero-order valence-electron chi connectivity index (χ0n) is 11.9. The fourth-order valence-corrected chi connectivity index (χ4v) is 2.72. The second-order valence-corrected chi connectivity index (χ2v) is 5.20. The van der Waals surface area contributed by atoms with Gasteiger partial charge in [0.2, 0.25) is 5.75 Å². The number of nitrogens with zero attached hydrogens (tertiary/aromatic N) is 3. The molecule has 3 rings (SSSR count). The van der Waals surface area contributed by atoms with E-state index >= 15 is 0 Å². The normalized spacial score (nSPS) is 25.0.